The highest BCUT2D eigenvalue weighted by molar-refractivity contribution is 6.46. The number of aliphatic hydroxyl groups is 1. The lowest BCUT2D eigenvalue weighted by atomic mass is 9.83. The molecule has 0 aromatic carbocycles. The van der Waals surface area contributed by atoms with Gasteiger partial charge in [-0.05, 0) is 58.3 Å². The standard InChI is InChI=1S/C24H50O5Si/c1-5-9-11-13-17-26-23-19-21(15-16-22(23)25)20-24(27-18-14-12-10-6-2)30(28-7-3)29-8-4/h21-25,30H,5-20H2,1-4H3. The molecule has 30 heavy (non-hydrogen) atoms. The summed E-state index contributed by atoms with van der Waals surface area (Å²) in [7, 11) is -1.88. The van der Waals surface area contributed by atoms with Crippen LogP contribution in [0.25, 0.3) is 0 Å². The quantitative estimate of drug-likeness (QED) is 0.215. The van der Waals surface area contributed by atoms with Crippen molar-refractivity contribution in [3.63, 3.8) is 0 Å². The Balaban J connectivity index is 2.56. The second-order valence-corrected chi connectivity index (χ2v) is 10.8. The van der Waals surface area contributed by atoms with Gasteiger partial charge in [-0.25, -0.2) is 0 Å². The molecular formula is C24H50O5Si. The third kappa shape index (κ3) is 12.2. The van der Waals surface area contributed by atoms with Crippen LogP contribution >= 0.6 is 0 Å². The van der Waals surface area contributed by atoms with Gasteiger partial charge in [0.05, 0.1) is 17.9 Å². The molecule has 1 N–H and O–H groups in total. The molecule has 0 heterocycles. The van der Waals surface area contributed by atoms with E-state index < -0.39 is 9.28 Å². The second kappa shape index (κ2) is 18.6. The molecule has 0 radical (unpaired) electrons. The molecular weight excluding hydrogens is 396 g/mol. The van der Waals surface area contributed by atoms with Crippen LogP contribution in [0.2, 0.25) is 0 Å². The van der Waals surface area contributed by atoms with Crippen LogP contribution in [0.3, 0.4) is 0 Å². The third-order valence-electron chi connectivity index (χ3n) is 6.06. The Labute approximate surface area is 188 Å². The Morgan fingerprint density at radius 2 is 1.47 bits per heavy atom. The summed E-state index contributed by atoms with van der Waals surface area (Å²) in [6.07, 6.45) is 13.0. The highest BCUT2D eigenvalue weighted by atomic mass is 28.3. The normalized spacial score (nSPS) is 23.2. The van der Waals surface area contributed by atoms with E-state index in [0.29, 0.717) is 19.1 Å². The van der Waals surface area contributed by atoms with Gasteiger partial charge in [-0.1, -0.05) is 52.4 Å². The third-order valence-corrected chi connectivity index (χ3v) is 8.45. The molecule has 1 aliphatic carbocycles. The first-order valence-corrected chi connectivity index (χ1v) is 14.4. The van der Waals surface area contributed by atoms with Crippen molar-refractivity contribution in [1.29, 1.82) is 0 Å². The highest BCUT2D eigenvalue weighted by Gasteiger charge is 2.35. The molecule has 4 unspecified atom stereocenters. The Morgan fingerprint density at radius 3 is 2.07 bits per heavy atom. The number of hydrogen-bond donors (Lipinski definition) is 1. The molecule has 1 saturated carbocycles. The predicted octanol–water partition coefficient (Wildman–Crippen LogP) is 5.30. The minimum Gasteiger partial charge on any atom is -0.395 e. The minimum absolute atomic E-state index is 0.0325. The summed E-state index contributed by atoms with van der Waals surface area (Å²) in [5, 5.41) is 10.4. The van der Waals surface area contributed by atoms with Crippen molar-refractivity contribution in [2.75, 3.05) is 26.4 Å². The van der Waals surface area contributed by atoms with Crippen LogP contribution in [0.4, 0.5) is 0 Å². The van der Waals surface area contributed by atoms with Gasteiger partial charge >= 0.3 is 9.28 Å². The molecule has 0 saturated heterocycles. The number of rotatable bonds is 19. The van der Waals surface area contributed by atoms with Gasteiger partial charge in [0, 0.05) is 26.4 Å². The van der Waals surface area contributed by atoms with Gasteiger partial charge in [0.15, 0.2) is 0 Å². The maximum Gasteiger partial charge on any atom is 0.351 e. The number of ether oxygens (including phenoxy) is 2. The average molecular weight is 447 g/mol. The smallest absolute Gasteiger partial charge is 0.351 e. The van der Waals surface area contributed by atoms with E-state index in [1.54, 1.807) is 0 Å². The number of aliphatic hydroxyl groups excluding tert-OH is 1. The average Bonchev–Trinajstić information content (AvgIpc) is 2.74. The van der Waals surface area contributed by atoms with Crippen LogP contribution in [0, 0.1) is 5.92 Å². The van der Waals surface area contributed by atoms with Crippen LogP contribution < -0.4 is 0 Å². The Morgan fingerprint density at radius 1 is 0.833 bits per heavy atom. The van der Waals surface area contributed by atoms with Crippen LogP contribution in [0.1, 0.15) is 105 Å². The van der Waals surface area contributed by atoms with Crippen LogP contribution in [0.15, 0.2) is 0 Å². The van der Waals surface area contributed by atoms with Crippen molar-refractivity contribution in [2.45, 2.75) is 123 Å². The molecule has 0 aromatic heterocycles. The lowest BCUT2D eigenvalue weighted by Crippen LogP contribution is -2.43. The monoisotopic (exact) mass is 446 g/mol. The molecule has 1 rings (SSSR count). The molecule has 0 aromatic rings. The van der Waals surface area contributed by atoms with E-state index in [1.165, 1.54) is 38.5 Å². The summed E-state index contributed by atoms with van der Waals surface area (Å²) >= 11 is 0. The van der Waals surface area contributed by atoms with Gasteiger partial charge in [-0.2, -0.15) is 0 Å². The number of unbranched alkanes of at least 4 members (excludes halogenated alkanes) is 6. The fraction of sp³-hybridized carbons (Fsp3) is 1.00. The first kappa shape index (κ1) is 28.1. The fourth-order valence-electron chi connectivity index (χ4n) is 4.29. The highest BCUT2D eigenvalue weighted by Crippen LogP contribution is 2.31. The van der Waals surface area contributed by atoms with E-state index in [-0.39, 0.29) is 17.9 Å². The fourth-order valence-corrected chi connectivity index (χ4v) is 6.38. The van der Waals surface area contributed by atoms with Gasteiger partial charge in [-0.3, -0.25) is 0 Å². The van der Waals surface area contributed by atoms with Crippen LogP contribution in [0.5, 0.6) is 0 Å². The predicted molar refractivity (Wildman–Crippen MR) is 126 cm³/mol. The molecule has 1 fully saturated rings. The van der Waals surface area contributed by atoms with Gasteiger partial charge < -0.3 is 23.4 Å². The molecule has 1 aliphatic rings. The second-order valence-electron chi connectivity index (χ2n) is 8.70. The van der Waals surface area contributed by atoms with Gasteiger partial charge in [0.25, 0.3) is 0 Å². The Kier molecular flexibility index (Phi) is 17.4. The topological polar surface area (TPSA) is 57.2 Å². The molecule has 180 valence electrons. The van der Waals surface area contributed by atoms with Crippen molar-refractivity contribution in [3.05, 3.63) is 0 Å². The van der Waals surface area contributed by atoms with Gasteiger partial charge in [0.2, 0.25) is 0 Å². The summed E-state index contributed by atoms with van der Waals surface area (Å²) in [4.78, 5) is 0. The summed E-state index contributed by atoms with van der Waals surface area (Å²) in [6, 6.07) is 0. The van der Waals surface area contributed by atoms with Crippen LogP contribution in [-0.4, -0.2) is 58.8 Å². The van der Waals surface area contributed by atoms with Crippen LogP contribution in [-0.2, 0) is 18.3 Å². The molecule has 5 nitrogen and oxygen atoms in total. The molecule has 0 spiro atoms. The van der Waals surface area contributed by atoms with E-state index in [0.717, 1.165) is 51.7 Å². The van der Waals surface area contributed by atoms with Crippen molar-refractivity contribution >= 4 is 9.28 Å². The van der Waals surface area contributed by atoms with E-state index in [4.69, 9.17) is 18.3 Å². The lowest BCUT2D eigenvalue weighted by molar-refractivity contribution is -0.0773. The first-order chi connectivity index (χ1) is 14.7. The van der Waals surface area contributed by atoms with Gasteiger partial charge in [-0.15, -0.1) is 0 Å². The van der Waals surface area contributed by atoms with E-state index >= 15 is 0 Å². The van der Waals surface area contributed by atoms with E-state index in [2.05, 4.69) is 13.8 Å². The molecule has 0 aliphatic heterocycles. The zero-order valence-corrected chi connectivity index (χ0v) is 21.4. The molecule has 0 bridgehead atoms. The van der Waals surface area contributed by atoms with Crippen molar-refractivity contribution in [2.24, 2.45) is 5.92 Å². The summed E-state index contributed by atoms with van der Waals surface area (Å²) in [5.41, 5.74) is 0.0805. The zero-order chi connectivity index (χ0) is 22.0. The minimum atomic E-state index is -1.88. The Bertz CT molecular complexity index is 379. The summed E-state index contributed by atoms with van der Waals surface area (Å²) < 4.78 is 24.5. The largest absolute Gasteiger partial charge is 0.395 e. The lowest BCUT2D eigenvalue weighted by Gasteiger charge is -2.36. The maximum absolute atomic E-state index is 10.4. The first-order valence-electron chi connectivity index (χ1n) is 12.8. The number of hydrogen-bond acceptors (Lipinski definition) is 5. The van der Waals surface area contributed by atoms with E-state index in [9.17, 15) is 5.11 Å². The maximum atomic E-state index is 10.4. The summed E-state index contributed by atoms with van der Waals surface area (Å²) in [5.74, 6) is 0.505. The molecule has 4 atom stereocenters. The van der Waals surface area contributed by atoms with Crippen molar-refractivity contribution < 1.29 is 23.4 Å². The van der Waals surface area contributed by atoms with Crippen molar-refractivity contribution in [1.82, 2.24) is 0 Å². The molecule has 6 heteroatoms. The zero-order valence-electron chi connectivity index (χ0n) is 20.3. The summed E-state index contributed by atoms with van der Waals surface area (Å²) in [6.45, 7) is 11.4. The van der Waals surface area contributed by atoms with Gasteiger partial charge in [0.1, 0.15) is 0 Å². The molecule has 0 amide bonds. The Hall–Kier alpha value is 0.0169. The van der Waals surface area contributed by atoms with E-state index in [1.807, 2.05) is 13.8 Å². The SMILES string of the molecule is CCCCCCOC1CC(CC(OCCCCCC)[SiH](OCC)OCC)CCC1O. The van der Waals surface area contributed by atoms with Crippen molar-refractivity contribution in [3.8, 4) is 0 Å².